The zero-order valence-corrected chi connectivity index (χ0v) is 8.49. The number of nitrogens with zero attached hydrogens (tertiary/aromatic N) is 1. The molecule has 0 aliphatic carbocycles. The van der Waals surface area contributed by atoms with Gasteiger partial charge in [-0.2, -0.15) is 0 Å². The summed E-state index contributed by atoms with van der Waals surface area (Å²) in [5.41, 5.74) is 0. The van der Waals surface area contributed by atoms with Gasteiger partial charge in [-0.3, -0.25) is 4.79 Å². The topological polar surface area (TPSA) is 20.3 Å². The number of allylic oxidation sites excluding steroid dienone is 1. The molecule has 1 rings (SSSR count). The average Bonchev–Trinajstić information content (AvgIpc) is 2.47. The highest BCUT2D eigenvalue weighted by molar-refractivity contribution is 8.02. The van der Waals surface area contributed by atoms with Crippen molar-refractivity contribution in [1.82, 2.24) is 4.90 Å². The van der Waals surface area contributed by atoms with E-state index in [-0.39, 0.29) is 0 Å². The zero-order valence-electron chi connectivity index (χ0n) is 7.67. The van der Waals surface area contributed by atoms with Gasteiger partial charge in [0, 0.05) is 19.5 Å². The number of thioether (sulfide) groups is 1. The average molecular weight is 185 g/mol. The number of carbonyl (C=O) groups excluding carboxylic acids is 1. The molecule has 3 heteroatoms. The normalized spacial score (nSPS) is 19.0. The predicted molar refractivity (Wildman–Crippen MR) is 53.1 cm³/mol. The van der Waals surface area contributed by atoms with E-state index in [2.05, 4.69) is 19.3 Å². The van der Waals surface area contributed by atoms with Crippen LogP contribution in [-0.2, 0) is 4.79 Å². The van der Waals surface area contributed by atoms with Gasteiger partial charge in [0.05, 0.1) is 0 Å². The minimum Gasteiger partial charge on any atom is -0.339 e. The van der Waals surface area contributed by atoms with Crippen LogP contribution in [0.1, 0.15) is 19.8 Å². The molecule has 1 aliphatic rings. The maximum absolute atomic E-state index is 11.2. The van der Waals surface area contributed by atoms with Crippen molar-refractivity contribution in [3.8, 4) is 0 Å². The first kappa shape index (κ1) is 9.65. The maximum Gasteiger partial charge on any atom is 0.222 e. The van der Waals surface area contributed by atoms with Crippen LogP contribution < -0.4 is 0 Å². The fourth-order valence-electron chi connectivity index (χ4n) is 1.22. The lowest BCUT2D eigenvalue weighted by Gasteiger charge is -2.12. The lowest BCUT2D eigenvalue weighted by atomic mass is 10.4. The number of amides is 1. The summed E-state index contributed by atoms with van der Waals surface area (Å²) in [5, 5.41) is 0. The molecule has 0 radical (unpaired) electrons. The highest BCUT2D eigenvalue weighted by Crippen LogP contribution is 2.12. The van der Waals surface area contributed by atoms with Crippen molar-refractivity contribution in [3.63, 3.8) is 0 Å². The molecule has 0 unspecified atom stereocenters. The molecule has 1 heterocycles. The highest BCUT2D eigenvalue weighted by Gasteiger charge is 2.18. The molecule has 0 aromatic heterocycles. The molecule has 1 aliphatic heterocycles. The lowest BCUT2D eigenvalue weighted by molar-refractivity contribution is -0.127. The van der Waals surface area contributed by atoms with Gasteiger partial charge in [0.2, 0.25) is 5.91 Å². The van der Waals surface area contributed by atoms with Crippen molar-refractivity contribution in [1.29, 1.82) is 0 Å². The van der Waals surface area contributed by atoms with Gasteiger partial charge in [-0.05, 0) is 24.5 Å². The Labute approximate surface area is 78.0 Å². The third-order valence-corrected chi connectivity index (χ3v) is 2.90. The molecule has 2 nitrogen and oxygen atoms in total. The van der Waals surface area contributed by atoms with Gasteiger partial charge in [0.1, 0.15) is 0 Å². The van der Waals surface area contributed by atoms with Crippen LogP contribution in [0.3, 0.4) is 0 Å². The van der Waals surface area contributed by atoms with Crippen molar-refractivity contribution in [2.45, 2.75) is 19.8 Å². The molecular formula is C9H15NOS. The van der Waals surface area contributed by atoms with E-state index in [9.17, 15) is 4.79 Å². The van der Waals surface area contributed by atoms with Crippen molar-refractivity contribution in [3.05, 3.63) is 11.0 Å². The van der Waals surface area contributed by atoms with Gasteiger partial charge in [0.15, 0.2) is 0 Å². The molecule has 0 aromatic rings. The summed E-state index contributed by atoms with van der Waals surface area (Å²) < 4.78 is 0. The van der Waals surface area contributed by atoms with Gasteiger partial charge in [-0.15, -0.1) is 11.8 Å². The number of rotatable bonds is 3. The van der Waals surface area contributed by atoms with Gasteiger partial charge in [0.25, 0.3) is 0 Å². The van der Waals surface area contributed by atoms with E-state index in [0.29, 0.717) is 5.91 Å². The smallest absolute Gasteiger partial charge is 0.222 e. The van der Waals surface area contributed by atoms with E-state index in [4.69, 9.17) is 0 Å². The van der Waals surface area contributed by atoms with Crippen LogP contribution in [0.4, 0.5) is 0 Å². The molecule has 1 amide bonds. The molecular weight excluding hydrogens is 170 g/mol. The summed E-state index contributed by atoms with van der Waals surface area (Å²) >= 11 is 1.73. The Morgan fingerprint density at radius 1 is 1.75 bits per heavy atom. The fraction of sp³-hybridized carbons (Fsp3) is 0.667. The van der Waals surface area contributed by atoms with Crippen molar-refractivity contribution < 1.29 is 4.79 Å². The summed E-state index contributed by atoms with van der Waals surface area (Å²) in [5.74, 6) is 0.306. The van der Waals surface area contributed by atoms with Crippen LogP contribution >= 0.6 is 11.8 Å². The van der Waals surface area contributed by atoms with Crippen LogP contribution in [0.2, 0.25) is 0 Å². The Morgan fingerprint density at radius 3 is 3.00 bits per heavy atom. The molecule has 0 atom stereocenters. The second-order valence-corrected chi connectivity index (χ2v) is 4.01. The van der Waals surface area contributed by atoms with E-state index in [1.165, 1.54) is 4.91 Å². The van der Waals surface area contributed by atoms with Crippen LogP contribution in [0.25, 0.3) is 0 Å². The molecule has 0 aromatic carbocycles. The van der Waals surface area contributed by atoms with E-state index in [1.54, 1.807) is 11.8 Å². The Balaban J connectivity index is 2.36. The van der Waals surface area contributed by atoms with Crippen LogP contribution in [0.15, 0.2) is 11.0 Å². The first-order chi connectivity index (χ1) is 5.74. The van der Waals surface area contributed by atoms with Crippen LogP contribution in [0, 0.1) is 0 Å². The summed E-state index contributed by atoms with van der Waals surface area (Å²) in [4.78, 5) is 14.4. The summed E-state index contributed by atoms with van der Waals surface area (Å²) in [6.45, 7) is 3.81. The second kappa shape index (κ2) is 4.55. The molecule has 12 heavy (non-hydrogen) atoms. The monoisotopic (exact) mass is 185 g/mol. The summed E-state index contributed by atoms with van der Waals surface area (Å²) in [6.07, 6.45) is 5.95. The fourth-order valence-corrected chi connectivity index (χ4v) is 1.46. The van der Waals surface area contributed by atoms with Crippen LogP contribution in [-0.4, -0.2) is 30.2 Å². The number of hydrogen-bond acceptors (Lipinski definition) is 2. The first-order valence-electron chi connectivity index (χ1n) is 4.22. The first-order valence-corrected chi connectivity index (χ1v) is 5.45. The molecule has 0 saturated carbocycles. The quantitative estimate of drug-likeness (QED) is 0.669. The van der Waals surface area contributed by atoms with Gasteiger partial charge in [-0.25, -0.2) is 0 Å². The second-order valence-electron chi connectivity index (χ2n) is 2.96. The summed E-state index contributed by atoms with van der Waals surface area (Å²) in [7, 11) is 0. The molecule has 68 valence electrons. The Hall–Kier alpha value is -0.440. The minimum absolute atomic E-state index is 0.306. The van der Waals surface area contributed by atoms with Gasteiger partial charge >= 0.3 is 0 Å². The highest BCUT2D eigenvalue weighted by atomic mass is 32.2. The Kier molecular flexibility index (Phi) is 3.66. The van der Waals surface area contributed by atoms with E-state index in [1.807, 2.05) is 4.90 Å². The Morgan fingerprint density at radius 2 is 2.50 bits per heavy atom. The molecule has 0 spiro atoms. The number of likely N-dealkylation sites (tertiary alicyclic amines) is 1. The van der Waals surface area contributed by atoms with Crippen molar-refractivity contribution >= 4 is 17.7 Å². The van der Waals surface area contributed by atoms with E-state index >= 15 is 0 Å². The van der Waals surface area contributed by atoms with Crippen molar-refractivity contribution in [2.24, 2.45) is 0 Å². The third-order valence-electron chi connectivity index (χ3n) is 2.09. The standard InChI is InChI=1S/C9H15NOS/c1-8(12-2)5-7-10-6-3-4-9(10)11/h5H,3-4,6-7H2,1-2H3. The zero-order chi connectivity index (χ0) is 8.97. The van der Waals surface area contributed by atoms with Gasteiger partial charge in [-0.1, -0.05) is 6.08 Å². The van der Waals surface area contributed by atoms with Crippen LogP contribution in [0.5, 0.6) is 0 Å². The minimum atomic E-state index is 0.306. The third kappa shape index (κ3) is 2.55. The number of hydrogen-bond donors (Lipinski definition) is 0. The van der Waals surface area contributed by atoms with E-state index < -0.39 is 0 Å². The number of carbonyl (C=O) groups is 1. The Bertz CT molecular complexity index is 201. The van der Waals surface area contributed by atoms with Gasteiger partial charge < -0.3 is 4.90 Å². The molecule has 1 fully saturated rings. The molecule has 0 bridgehead atoms. The summed E-state index contributed by atoms with van der Waals surface area (Å²) in [6, 6.07) is 0. The van der Waals surface area contributed by atoms with E-state index in [0.717, 1.165) is 25.9 Å². The molecule has 0 N–H and O–H groups in total. The SMILES string of the molecule is CSC(C)=CCN1CCCC1=O. The molecule has 1 saturated heterocycles. The largest absolute Gasteiger partial charge is 0.339 e. The maximum atomic E-state index is 11.2. The predicted octanol–water partition coefficient (Wildman–Crippen LogP) is 1.88. The van der Waals surface area contributed by atoms with Crippen molar-refractivity contribution in [2.75, 3.05) is 19.3 Å². The lowest BCUT2D eigenvalue weighted by Crippen LogP contribution is -2.24.